The molecule has 0 spiro atoms. The molecule has 7 nitrogen and oxygen atoms in total. The molecule has 2 aliphatic heterocycles. The fraction of sp³-hybridized carbons (Fsp3) is 0.556. The van der Waals surface area contributed by atoms with Crippen molar-refractivity contribution in [1.82, 2.24) is 10.6 Å². The number of amides is 3. The zero-order valence-electron chi connectivity index (χ0n) is 14.8. The highest BCUT2D eigenvalue weighted by atomic mass is 32.2. The quantitative estimate of drug-likeness (QED) is 0.494. The van der Waals surface area contributed by atoms with Crippen LogP contribution in [0.1, 0.15) is 38.2 Å². The molecule has 0 aromatic heterocycles. The van der Waals surface area contributed by atoms with Gasteiger partial charge >= 0.3 is 6.03 Å². The van der Waals surface area contributed by atoms with E-state index in [1.165, 1.54) is 5.56 Å². The predicted octanol–water partition coefficient (Wildman–Crippen LogP) is 1.59. The minimum absolute atomic E-state index is 0.00465. The molecule has 8 heteroatoms. The molecule has 2 fully saturated rings. The Labute approximate surface area is 153 Å². The number of rotatable bonds is 7. The minimum Gasteiger partial charge on any atom is -0.332 e. The summed E-state index contributed by atoms with van der Waals surface area (Å²) in [5, 5.41) is 7.65. The third-order valence-electron chi connectivity index (χ3n) is 5.11. The van der Waals surface area contributed by atoms with Gasteiger partial charge in [0.05, 0.1) is 23.1 Å². The van der Waals surface area contributed by atoms with Gasteiger partial charge in [0.1, 0.15) is 0 Å². The maximum absolute atomic E-state index is 12.2. The molecule has 3 atom stereocenters. The summed E-state index contributed by atoms with van der Waals surface area (Å²) in [5.41, 5.74) is 1.99. The van der Waals surface area contributed by atoms with Crippen LogP contribution in [0.25, 0.3) is 0 Å². The largest absolute Gasteiger partial charge is 0.332 e. The fourth-order valence-electron chi connectivity index (χ4n) is 3.68. The summed E-state index contributed by atoms with van der Waals surface area (Å²) in [6, 6.07) is 6.77. The Morgan fingerprint density at radius 3 is 2.62 bits per heavy atom. The highest BCUT2D eigenvalue weighted by molar-refractivity contribution is 7.92. The Morgan fingerprint density at radius 1 is 1.19 bits per heavy atom. The van der Waals surface area contributed by atoms with Gasteiger partial charge in [0.2, 0.25) is 5.91 Å². The van der Waals surface area contributed by atoms with Crippen molar-refractivity contribution < 1.29 is 18.0 Å². The smallest absolute Gasteiger partial charge is 0.315 e. The summed E-state index contributed by atoms with van der Waals surface area (Å²) < 4.78 is 24.5. The highest BCUT2D eigenvalue weighted by Crippen LogP contribution is 2.28. The number of hydrogen-bond donors (Lipinski definition) is 3. The molecule has 1 aromatic rings. The lowest BCUT2D eigenvalue weighted by molar-refractivity contribution is -0.116. The molecule has 2 heterocycles. The lowest BCUT2D eigenvalue weighted by Gasteiger charge is -2.16. The van der Waals surface area contributed by atoms with Crippen LogP contribution in [0.2, 0.25) is 0 Å². The van der Waals surface area contributed by atoms with E-state index in [0.29, 0.717) is 25.7 Å². The molecular formula is C18H25N3O4S. The van der Waals surface area contributed by atoms with Crippen LogP contribution in [0.4, 0.5) is 10.5 Å². The Balaban J connectivity index is 1.43. The average Bonchev–Trinajstić information content (AvgIpc) is 3.04. The number of anilines is 1. The van der Waals surface area contributed by atoms with Crippen molar-refractivity contribution in [2.75, 3.05) is 11.1 Å². The second kappa shape index (κ2) is 7.65. The van der Waals surface area contributed by atoms with E-state index in [9.17, 15) is 18.0 Å². The topological polar surface area (TPSA) is 104 Å². The number of unbranched alkanes of at least 4 members (excludes halogenated alkanes) is 1. The van der Waals surface area contributed by atoms with Gasteiger partial charge in [0.15, 0.2) is 9.84 Å². The van der Waals surface area contributed by atoms with Gasteiger partial charge in [-0.15, -0.1) is 0 Å². The molecule has 0 radical (unpaired) electrons. The number of aryl methyl sites for hydroxylation is 1. The molecule has 1 aromatic carbocycles. The lowest BCUT2D eigenvalue weighted by atomic mass is 10.0. The van der Waals surface area contributed by atoms with Gasteiger partial charge in [-0.3, -0.25) is 4.79 Å². The van der Waals surface area contributed by atoms with E-state index in [-0.39, 0.29) is 29.8 Å². The number of nitrogens with one attached hydrogen (secondary N) is 3. The van der Waals surface area contributed by atoms with E-state index in [1.807, 2.05) is 24.3 Å². The molecule has 3 N–H and O–H groups in total. The van der Waals surface area contributed by atoms with Gasteiger partial charge in [-0.2, -0.15) is 0 Å². The molecule has 3 rings (SSSR count). The monoisotopic (exact) mass is 379 g/mol. The summed E-state index contributed by atoms with van der Waals surface area (Å²) >= 11 is 0. The van der Waals surface area contributed by atoms with Crippen LogP contribution in [0, 0.1) is 0 Å². The Kier molecular flexibility index (Phi) is 5.50. The molecule has 0 aliphatic carbocycles. The second-order valence-electron chi connectivity index (χ2n) is 6.96. The lowest BCUT2D eigenvalue weighted by Crippen LogP contribution is -2.39. The average molecular weight is 379 g/mol. The maximum atomic E-state index is 12.2. The van der Waals surface area contributed by atoms with Crippen LogP contribution in [0.15, 0.2) is 24.3 Å². The van der Waals surface area contributed by atoms with Crippen molar-refractivity contribution in [2.45, 2.75) is 56.4 Å². The van der Waals surface area contributed by atoms with Crippen LogP contribution in [0.5, 0.6) is 0 Å². The van der Waals surface area contributed by atoms with Gasteiger partial charge in [0.25, 0.3) is 0 Å². The summed E-state index contributed by atoms with van der Waals surface area (Å²) in [6.45, 7) is 2.08. The number of sulfone groups is 1. The first kappa shape index (κ1) is 18.7. The summed E-state index contributed by atoms with van der Waals surface area (Å²) in [5.74, 6) is -0.0766. The Hall–Kier alpha value is -2.09. The van der Waals surface area contributed by atoms with E-state index in [4.69, 9.17) is 0 Å². The summed E-state index contributed by atoms with van der Waals surface area (Å²) in [7, 11) is -3.20. The Morgan fingerprint density at radius 2 is 1.92 bits per heavy atom. The first-order chi connectivity index (χ1) is 12.4. The van der Waals surface area contributed by atoms with Crippen molar-refractivity contribution in [3.8, 4) is 0 Å². The van der Waals surface area contributed by atoms with E-state index in [1.54, 1.807) is 0 Å². The van der Waals surface area contributed by atoms with Crippen LogP contribution in [-0.4, -0.2) is 43.4 Å². The molecule has 0 saturated carbocycles. The third-order valence-corrected chi connectivity index (χ3v) is 7.39. The van der Waals surface area contributed by atoms with Gasteiger partial charge in [0, 0.05) is 12.1 Å². The molecule has 3 amide bonds. The molecule has 2 aliphatic rings. The molecule has 0 unspecified atom stereocenters. The van der Waals surface area contributed by atoms with E-state index in [2.05, 4.69) is 22.9 Å². The minimum atomic E-state index is -3.20. The van der Waals surface area contributed by atoms with E-state index in [0.717, 1.165) is 12.1 Å². The van der Waals surface area contributed by atoms with Gasteiger partial charge in [-0.1, -0.05) is 25.5 Å². The number of hydrogen-bond acceptors (Lipinski definition) is 4. The molecule has 0 bridgehead atoms. The number of benzene rings is 1. The number of carbonyl (C=O) groups excluding carboxylic acids is 2. The first-order valence-electron chi connectivity index (χ1n) is 9.06. The van der Waals surface area contributed by atoms with Gasteiger partial charge in [-0.25, -0.2) is 13.2 Å². The van der Waals surface area contributed by atoms with Crippen molar-refractivity contribution >= 4 is 27.5 Å². The van der Waals surface area contributed by atoms with Crippen molar-refractivity contribution in [3.05, 3.63) is 29.8 Å². The number of urea groups is 1. The van der Waals surface area contributed by atoms with E-state index < -0.39 is 15.1 Å². The van der Waals surface area contributed by atoms with Crippen LogP contribution in [0.3, 0.4) is 0 Å². The number of carbonyl (C=O) groups is 2. The summed E-state index contributed by atoms with van der Waals surface area (Å²) in [6.07, 6.45) is 3.01. The second-order valence-corrected chi connectivity index (χ2v) is 9.23. The van der Waals surface area contributed by atoms with Gasteiger partial charge in [-0.05, 0) is 37.0 Å². The third kappa shape index (κ3) is 4.17. The molecule has 2 saturated heterocycles. The number of fused-ring (bicyclic) bond motifs is 1. The molecular weight excluding hydrogens is 354 g/mol. The molecule has 26 heavy (non-hydrogen) atoms. The van der Waals surface area contributed by atoms with Crippen molar-refractivity contribution in [2.24, 2.45) is 0 Å². The summed E-state index contributed by atoms with van der Waals surface area (Å²) in [4.78, 5) is 23.4. The standard InChI is InChI=1S/C18H25N3O4S/c1-2-12-7-9-13(10-8-12)19-16(22)6-4-3-5-15-17-14(11-26(15,24)25)20-18(23)21-17/h7-10,14-15,17H,2-6,11H2,1H3,(H,19,22)(H2,20,21,23)/t14-,15-,17-/m1/s1. The SMILES string of the molecule is CCc1ccc(NC(=O)CCCC[C@@H]2[C@@H]3NC(=O)N[C@@H]3CS2(=O)=O)cc1. The van der Waals surface area contributed by atoms with Crippen molar-refractivity contribution in [3.63, 3.8) is 0 Å². The van der Waals surface area contributed by atoms with Crippen LogP contribution in [-0.2, 0) is 21.1 Å². The zero-order valence-corrected chi connectivity index (χ0v) is 15.6. The fourth-order valence-corrected chi connectivity index (χ4v) is 5.95. The Bertz CT molecular complexity index is 776. The predicted molar refractivity (Wildman–Crippen MR) is 99.7 cm³/mol. The van der Waals surface area contributed by atoms with Crippen LogP contribution >= 0.6 is 0 Å². The first-order valence-corrected chi connectivity index (χ1v) is 10.8. The zero-order chi connectivity index (χ0) is 18.7. The molecule has 142 valence electrons. The van der Waals surface area contributed by atoms with Crippen molar-refractivity contribution in [1.29, 1.82) is 0 Å². The van der Waals surface area contributed by atoms with Gasteiger partial charge < -0.3 is 16.0 Å². The maximum Gasteiger partial charge on any atom is 0.315 e. The normalized spacial score (nSPS) is 26.0. The van der Waals surface area contributed by atoms with E-state index >= 15 is 0 Å². The van der Waals surface area contributed by atoms with Crippen LogP contribution < -0.4 is 16.0 Å². The highest BCUT2D eigenvalue weighted by Gasteiger charge is 2.51.